The van der Waals surface area contributed by atoms with Crippen LogP contribution in [0.15, 0.2) is 69.2 Å². The summed E-state index contributed by atoms with van der Waals surface area (Å²) in [6.45, 7) is -1.56. The number of carbonyl (C=O) groups is 2. The molecule has 7 aliphatic rings. The van der Waals surface area contributed by atoms with E-state index < -0.39 is 97.3 Å². The Balaban J connectivity index is 1.42. The highest BCUT2D eigenvalue weighted by atomic mass is 33.1. The normalized spacial score (nSPS) is 35.3. The molecule has 1 aliphatic carbocycles. The number of aliphatic hydroxyl groups is 8. The van der Waals surface area contributed by atoms with Gasteiger partial charge in [0.1, 0.15) is 24.5 Å². The fourth-order valence-electron chi connectivity index (χ4n) is 9.99. The molecular weight excluding hydrogens is 1050 g/mol. The second kappa shape index (κ2) is 27.3. The second-order valence-corrected chi connectivity index (χ2v) is 24.0. The first kappa shape index (κ1) is 58.4. The maximum absolute atomic E-state index is 14.8. The van der Waals surface area contributed by atoms with Crippen molar-refractivity contribution in [1.29, 1.82) is 0 Å². The van der Waals surface area contributed by atoms with Crippen LogP contribution in [0.1, 0.15) is 32.1 Å². The molecule has 74 heavy (non-hydrogen) atoms. The van der Waals surface area contributed by atoms with E-state index >= 15 is 0 Å². The number of guanidine groups is 2. The van der Waals surface area contributed by atoms with Gasteiger partial charge in [0.25, 0.3) is 0 Å². The summed E-state index contributed by atoms with van der Waals surface area (Å²) in [6, 6.07) is -0.790. The van der Waals surface area contributed by atoms with Crippen molar-refractivity contribution in [1.82, 2.24) is 20.9 Å². The van der Waals surface area contributed by atoms with Gasteiger partial charge in [-0.05, 0) is 50.6 Å². The van der Waals surface area contributed by atoms with Crippen LogP contribution in [0.4, 0.5) is 0 Å². The largest absolute Gasteiger partial charge is 0.478 e. The zero-order valence-electron chi connectivity index (χ0n) is 40.7. The van der Waals surface area contributed by atoms with Gasteiger partial charge in [-0.1, -0.05) is 67.5 Å². The van der Waals surface area contributed by atoms with Crippen LogP contribution in [0, 0.1) is 23.7 Å². The molecule has 15 unspecified atom stereocenters. The predicted octanol–water partition coefficient (Wildman–Crippen LogP) is -2.02. The van der Waals surface area contributed by atoms with Gasteiger partial charge in [-0.15, -0.1) is 0 Å². The Morgan fingerprint density at radius 1 is 1.09 bits per heavy atom. The lowest BCUT2D eigenvalue weighted by molar-refractivity contribution is -0.416. The average molecular weight is 1120 g/mol. The topological polar surface area (TPSA) is 378 Å². The van der Waals surface area contributed by atoms with Gasteiger partial charge < -0.3 is 96.6 Å². The minimum atomic E-state index is -3.12. The van der Waals surface area contributed by atoms with Crippen molar-refractivity contribution < 1.29 is 79.2 Å². The molecule has 0 spiro atoms. The van der Waals surface area contributed by atoms with E-state index in [0.29, 0.717) is 55.3 Å². The number of nitrogens with one attached hydrogen (secondary N) is 3. The molecule has 0 aromatic carbocycles. The van der Waals surface area contributed by atoms with Crippen LogP contribution in [0.2, 0.25) is 0 Å². The Labute approximate surface area is 444 Å². The first-order chi connectivity index (χ1) is 35.6. The van der Waals surface area contributed by atoms with Crippen molar-refractivity contribution in [3.63, 3.8) is 0 Å². The molecule has 4 bridgehead atoms. The number of hydrogen-bond acceptors (Lipinski definition) is 25. The molecule has 1 saturated carbocycles. The summed E-state index contributed by atoms with van der Waals surface area (Å²) in [5.41, 5.74) is 12.8. The second-order valence-electron chi connectivity index (χ2n) is 18.7. The number of nitrogens with zero attached hydrogens (tertiary/aromatic N) is 3. The molecule has 6 aliphatic heterocycles. The quantitative estimate of drug-likeness (QED) is 0.0151. The molecule has 15 atom stereocenters. The van der Waals surface area contributed by atoms with E-state index in [1.165, 1.54) is 41.1 Å². The minimum absolute atomic E-state index is 0.00904. The van der Waals surface area contributed by atoms with Crippen LogP contribution in [0.3, 0.4) is 0 Å². The first-order valence-electron chi connectivity index (χ1n) is 24.5. The summed E-state index contributed by atoms with van der Waals surface area (Å²) >= 11 is 0. The summed E-state index contributed by atoms with van der Waals surface area (Å²) in [5.74, 6) is -6.69. The van der Waals surface area contributed by atoms with E-state index in [1.54, 1.807) is 44.7 Å². The molecule has 16 N–H and O–H groups in total. The van der Waals surface area contributed by atoms with Crippen LogP contribution in [0.5, 0.6) is 0 Å². The number of ether oxygens (including phenoxy) is 5. The Morgan fingerprint density at radius 2 is 1.91 bits per heavy atom. The summed E-state index contributed by atoms with van der Waals surface area (Å²) in [6.07, 6.45) is 1.39. The van der Waals surface area contributed by atoms with Crippen LogP contribution < -0.4 is 27.4 Å². The predicted molar refractivity (Wildman–Crippen MR) is 278 cm³/mol. The molecule has 1 saturated heterocycles. The van der Waals surface area contributed by atoms with Gasteiger partial charge in [-0.3, -0.25) is 15.3 Å². The highest BCUT2D eigenvalue weighted by Crippen LogP contribution is 2.48. The summed E-state index contributed by atoms with van der Waals surface area (Å²) in [5, 5.41) is 105. The molecule has 0 radical (unpaired) electrons. The lowest BCUT2D eigenvalue weighted by atomic mass is 9.82. The number of aliphatic imine (C=N–C) groups is 2. The molecular formula is C46H70N8O16S4. The van der Waals surface area contributed by atoms with Gasteiger partial charge in [0, 0.05) is 73.7 Å². The Kier molecular flexibility index (Phi) is 21.6. The number of allylic oxidation sites excluding steroid dienone is 1. The summed E-state index contributed by atoms with van der Waals surface area (Å²) < 4.78 is 30.9. The molecule has 24 nitrogen and oxygen atoms in total. The number of carboxylic acid groups (broad SMARTS) is 1. The molecule has 0 aromatic rings. The van der Waals surface area contributed by atoms with Crippen molar-refractivity contribution in [3.05, 3.63) is 59.2 Å². The van der Waals surface area contributed by atoms with E-state index in [1.807, 2.05) is 6.08 Å². The highest BCUT2D eigenvalue weighted by molar-refractivity contribution is 8.78. The lowest BCUT2D eigenvalue weighted by Crippen LogP contribution is -2.69. The van der Waals surface area contributed by atoms with E-state index in [9.17, 15) is 55.5 Å². The van der Waals surface area contributed by atoms with Crippen LogP contribution in [-0.2, 0) is 33.3 Å². The lowest BCUT2D eigenvalue weighted by Gasteiger charge is -2.48. The van der Waals surface area contributed by atoms with Gasteiger partial charge in [0.2, 0.25) is 12.1 Å². The third-order valence-electron chi connectivity index (χ3n) is 14.0. The maximum Gasteiger partial charge on any atom is 0.339 e. The number of aliphatic hydroxyl groups excluding tert-OH is 6. The molecule has 0 amide bonds. The fourth-order valence-corrected chi connectivity index (χ4v) is 16.8. The number of esters is 1. The van der Waals surface area contributed by atoms with Gasteiger partial charge >= 0.3 is 11.9 Å². The van der Waals surface area contributed by atoms with Gasteiger partial charge in [-0.2, -0.15) is 0 Å². The SMILES string of the molecule is CNC(CO)OC1C(OC2OC=C3C(=O)OC4CCC(CO)C4CSSC4C(CC5CCN=C(N)N5)SSCC=CC2C3C=CC2=C(NC(N)=NCCCO)C(C(=O)O)=CN(C2)C4CO)OC(CO)C(O)C1(O)O. The molecule has 0 aromatic heterocycles. The van der Waals surface area contributed by atoms with Crippen molar-refractivity contribution >= 4 is 67.0 Å². The van der Waals surface area contributed by atoms with Crippen molar-refractivity contribution in [2.75, 3.05) is 71.2 Å². The first-order valence-corrected chi connectivity index (χ1v) is 29.3. The number of hydrogen-bond donors (Lipinski definition) is 14. The van der Waals surface area contributed by atoms with E-state index in [2.05, 4.69) is 25.9 Å². The standard InChI is InChI=1S/C46H70N8O16S4/c1-49-35(20-59)69-39-43(68-33(19-58)38(60)46(39,64)65)70-42-27-4-2-13-71-73-34(14-25-9-11-51-44(47)52-25)37-31(18-57)54-15-23(36(28(16-54)40(61)62)53-45(48)50-10-3-12-55)5-7-26(27)29(21-66-42)41(63)67-32-8-6-24(17-56)30(32)22-72-74-37/h2,4-5,7,16,21,24-27,30-35,37-39,42-43,49,55-60,64-65H,3,6,8-15,17-20,22H2,1H3,(H,61,62)(H3,47,51,52)(H3,48,50,53). The van der Waals surface area contributed by atoms with Gasteiger partial charge in [0.05, 0.1) is 60.1 Å². The summed E-state index contributed by atoms with van der Waals surface area (Å²) in [4.78, 5) is 38.7. The number of likely N-dealkylation sites (N-methyl/N-ethyl adjacent to an activating group) is 1. The highest BCUT2D eigenvalue weighted by Gasteiger charge is 2.58. The summed E-state index contributed by atoms with van der Waals surface area (Å²) in [7, 11) is 7.64. The molecule has 2 fully saturated rings. The molecule has 7 rings (SSSR count). The van der Waals surface area contributed by atoms with E-state index in [-0.39, 0.29) is 85.3 Å². The third-order valence-corrected chi connectivity index (χ3v) is 20.0. The zero-order chi connectivity index (χ0) is 53.1. The number of fused-ring (bicyclic) bond motifs is 2. The zero-order valence-corrected chi connectivity index (χ0v) is 44.0. The maximum atomic E-state index is 14.8. The van der Waals surface area contributed by atoms with Crippen molar-refractivity contribution in [3.8, 4) is 0 Å². The Hall–Kier alpha value is -3.30. The van der Waals surface area contributed by atoms with E-state index in [4.69, 9.17) is 35.2 Å². The van der Waals surface area contributed by atoms with Crippen LogP contribution >= 0.6 is 43.2 Å². The van der Waals surface area contributed by atoms with Gasteiger partial charge in [-0.25, -0.2) is 9.59 Å². The van der Waals surface area contributed by atoms with Crippen LogP contribution in [-0.4, -0.2) is 218 Å². The minimum Gasteiger partial charge on any atom is -0.478 e. The molecule has 28 heteroatoms. The van der Waals surface area contributed by atoms with Crippen molar-refractivity contribution in [2.45, 2.75) is 104 Å². The third kappa shape index (κ3) is 13.9. The molecule has 414 valence electrons. The fraction of sp³-hybridized carbons (Fsp3) is 0.696. The Bertz CT molecular complexity index is 2150. The number of carboxylic acids is 1. The van der Waals surface area contributed by atoms with Gasteiger partial charge in [0.15, 0.2) is 24.3 Å². The number of aliphatic carboxylic acids is 1. The number of rotatable bonds is 16. The Morgan fingerprint density at radius 3 is 2.61 bits per heavy atom. The van der Waals surface area contributed by atoms with Crippen LogP contribution in [0.25, 0.3) is 0 Å². The molecule has 6 heterocycles. The smallest absolute Gasteiger partial charge is 0.339 e. The number of carbonyl (C=O) groups excluding carboxylic acids is 1. The van der Waals surface area contributed by atoms with E-state index in [0.717, 1.165) is 0 Å². The number of nitrogens with two attached hydrogens (primary N) is 2. The average Bonchev–Trinajstić information content (AvgIpc) is 3.76. The van der Waals surface area contributed by atoms with Crippen molar-refractivity contribution in [2.24, 2.45) is 45.1 Å². The monoisotopic (exact) mass is 1120 g/mol.